The lowest BCUT2D eigenvalue weighted by atomic mass is 10.1. The molecule has 2 amide bonds. The molecule has 1 aliphatic heterocycles. The van der Waals surface area contributed by atoms with Gasteiger partial charge in [-0.1, -0.05) is 27.7 Å². The van der Waals surface area contributed by atoms with E-state index in [2.05, 4.69) is 5.32 Å². The van der Waals surface area contributed by atoms with Crippen LogP contribution >= 0.6 is 11.8 Å². The monoisotopic (exact) mass is 366 g/mol. The van der Waals surface area contributed by atoms with Gasteiger partial charge in [0.2, 0.25) is 5.91 Å². The van der Waals surface area contributed by atoms with Crippen molar-refractivity contribution in [2.75, 3.05) is 5.75 Å². The molecule has 0 aromatic heterocycles. The highest BCUT2D eigenvalue weighted by Crippen LogP contribution is 2.35. The predicted molar refractivity (Wildman–Crippen MR) is 99.9 cm³/mol. The summed E-state index contributed by atoms with van der Waals surface area (Å²) in [6, 6.07) is 5.04. The fourth-order valence-electron chi connectivity index (χ4n) is 2.73. The maximum Gasteiger partial charge on any atom is 0.255 e. The van der Waals surface area contributed by atoms with E-state index in [1.807, 2.05) is 34.6 Å². The minimum absolute atomic E-state index is 0.0402. The SMILES string of the molecule is CC(C)[C@H](C)NC(=O)[C@H]1CS[C@@H](C(C)C)N1C(=O)c1ccc(F)cc1. The van der Waals surface area contributed by atoms with Gasteiger partial charge >= 0.3 is 0 Å². The van der Waals surface area contributed by atoms with Crippen LogP contribution in [0.1, 0.15) is 45.0 Å². The number of carbonyl (C=O) groups is 2. The van der Waals surface area contributed by atoms with Gasteiger partial charge in [-0.2, -0.15) is 0 Å². The third-order valence-corrected chi connectivity index (χ3v) is 6.22. The molecule has 0 aliphatic carbocycles. The molecule has 1 aromatic rings. The van der Waals surface area contributed by atoms with Gasteiger partial charge in [-0.05, 0) is 43.0 Å². The van der Waals surface area contributed by atoms with Crippen molar-refractivity contribution in [1.82, 2.24) is 10.2 Å². The summed E-state index contributed by atoms with van der Waals surface area (Å²) >= 11 is 1.63. The number of thioether (sulfide) groups is 1. The van der Waals surface area contributed by atoms with Gasteiger partial charge in [-0.3, -0.25) is 9.59 Å². The van der Waals surface area contributed by atoms with Crippen LogP contribution in [0.25, 0.3) is 0 Å². The minimum Gasteiger partial charge on any atom is -0.352 e. The molecule has 1 saturated heterocycles. The summed E-state index contributed by atoms with van der Waals surface area (Å²) in [5.74, 6) is 0.392. The zero-order valence-electron chi connectivity index (χ0n) is 15.5. The molecule has 138 valence electrons. The molecule has 25 heavy (non-hydrogen) atoms. The highest BCUT2D eigenvalue weighted by atomic mass is 32.2. The average molecular weight is 367 g/mol. The molecule has 0 spiro atoms. The largest absolute Gasteiger partial charge is 0.352 e. The van der Waals surface area contributed by atoms with Gasteiger partial charge in [0.1, 0.15) is 11.9 Å². The van der Waals surface area contributed by atoms with Crippen molar-refractivity contribution in [2.45, 2.75) is 52.1 Å². The van der Waals surface area contributed by atoms with Crippen LogP contribution in [0.3, 0.4) is 0 Å². The summed E-state index contributed by atoms with van der Waals surface area (Å²) < 4.78 is 13.2. The fraction of sp³-hybridized carbons (Fsp3) is 0.579. The Morgan fingerprint density at radius 1 is 1.16 bits per heavy atom. The molecule has 1 heterocycles. The van der Waals surface area contributed by atoms with Crippen molar-refractivity contribution in [3.8, 4) is 0 Å². The molecule has 4 nitrogen and oxygen atoms in total. The quantitative estimate of drug-likeness (QED) is 0.867. The first-order valence-electron chi connectivity index (χ1n) is 8.72. The number of nitrogens with zero attached hydrogens (tertiary/aromatic N) is 1. The van der Waals surface area contributed by atoms with E-state index < -0.39 is 6.04 Å². The second kappa shape index (κ2) is 8.21. The Kier molecular flexibility index (Phi) is 6.49. The second-order valence-electron chi connectivity index (χ2n) is 7.24. The maximum absolute atomic E-state index is 13.2. The molecule has 0 saturated carbocycles. The number of rotatable bonds is 5. The Morgan fingerprint density at radius 2 is 1.76 bits per heavy atom. The van der Waals surface area contributed by atoms with Crippen LogP contribution in [-0.4, -0.2) is 39.9 Å². The van der Waals surface area contributed by atoms with Crippen molar-refractivity contribution in [2.24, 2.45) is 11.8 Å². The third-order valence-electron chi connectivity index (χ3n) is 4.60. The van der Waals surface area contributed by atoms with Crippen LogP contribution in [0.5, 0.6) is 0 Å². The molecule has 0 radical (unpaired) electrons. The number of benzene rings is 1. The number of amides is 2. The Labute approximate surface area is 153 Å². The summed E-state index contributed by atoms with van der Waals surface area (Å²) in [5.41, 5.74) is 0.407. The number of hydrogen-bond donors (Lipinski definition) is 1. The number of halogens is 1. The van der Waals surface area contributed by atoms with Gasteiger partial charge in [-0.15, -0.1) is 11.8 Å². The number of hydrogen-bond acceptors (Lipinski definition) is 3. The van der Waals surface area contributed by atoms with E-state index in [1.54, 1.807) is 16.7 Å². The highest BCUT2D eigenvalue weighted by molar-refractivity contribution is 8.00. The van der Waals surface area contributed by atoms with E-state index >= 15 is 0 Å². The van der Waals surface area contributed by atoms with Gasteiger partial charge in [0.15, 0.2) is 0 Å². The molecule has 1 aromatic carbocycles. The molecular weight excluding hydrogens is 339 g/mol. The first-order valence-corrected chi connectivity index (χ1v) is 9.77. The van der Waals surface area contributed by atoms with E-state index in [-0.39, 0.29) is 35.0 Å². The molecular formula is C19H27FN2O2S. The van der Waals surface area contributed by atoms with E-state index in [0.717, 1.165) is 0 Å². The minimum atomic E-state index is -0.504. The van der Waals surface area contributed by atoms with Crippen LogP contribution in [0.4, 0.5) is 4.39 Å². The molecule has 6 heteroatoms. The third kappa shape index (κ3) is 4.54. The van der Waals surface area contributed by atoms with Gasteiger partial charge in [0.25, 0.3) is 5.91 Å². The standard InChI is InChI=1S/C19H27FN2O2S/c1-11(2)13(5)21-17(23)16-10-25-19(12(3)4)22(16)18(24)14-6-8-15(20)9-7-14/h6-9,11-13,16,19H,10H2,1-5H3,(H,21,23)/t13-,16+,19-/m0/s1. The van der Waals surface area contributed by atoms with Gasteiger partial charge in [-0.25, -0.2) is 4.39 Å². The van der Waals surface area contributed by atoms with Crippen molar-refractivity contribution >= 4 is 23.6 Å². The number of nitrogens with one attached hydrogen (secondary N) is 1. The Bertz CT molecular complexity index is 618. The lowest BCUT2D eigenvalue weighted by molar-refractivity contribution is -0.125. The first kappa shape index (κ1) is 19.8. The summed E-state index contributed by atoms with van der Waals surface area (Å²) in [6.07, 6.45) is 0. The van der Waals surface area contributed by atoms with Gasteiger partial charge in [0, 0.05) is 17.4 Å². The van der Waals surface area contributed by atoms with Crippen LogP contribution in [0.15, 0.2) is 24.3 Å². The fourth-order valence-corrected chi connectivity index (χ4v) is 4.21. The molecule has 2 rings (SSSR count). The normalized spacial score (nSPS) is 21.7. The molecule has 3 atom stereocenters. The lowest BCUT2D eigenvalue weighted by Crippen LogP contribution is -2.53. The van der Waals surface area contributed by atoms with E-state index in [9.17, 15) is 14.0 Å². The smallest absolute Gasteiger partial charge is 0.255 e. The van der Waals surface area contributed by atoms with Crippen molar-refractivity contribution in [3.63, 3.8) is 0 Å². The Hall–Kier alpha value is -1.56. The maximum atomic E-state index is 13.2. The van der Waals surface area contributed by atoms with Crippen molar-refractivity contribution in [3.05, 3.63) is 35.6 Å². The van der Waals surface area contributed by atoms with Crippen molar-refractivity contribution < 1.29 is 14.0 Å². The van der Waals surface area contributed by atoms with E-state index in [0.29, 0.717) is 17.2 Å². The molecule has 0 bridgehead atoms. The van der Waals surface area contributed by atoms with E-state index in [1.165, 1.54) is 24.3 Å². The summed E-state index contributed by atoms with van der Waals surface area (Å²) in [6.45, 7) is 10.1. The highest BCUT2D eigenvalue weighted by Gasteiger charge is 2.43. The average Bonchev–Trinajstić information content (AvgIpc) is 3.00. The van der Waals surface area contributed by atoms with E-state index in [4.69, 9.17) is 0 Å². The zero-order chi connectivity index (χ0) is 18.7. The first-order chi connectivity index (χ1) is 11.7. The molecule has 1 N–H and O–H groups in total. The number of carbonyl (C=O) groups excluding carboxylic acids is 2. The Balaban J connectivity index is 2.25. The molecule has 0 unspecified atom stereocenters. The summed E-state index contributed by atoms with van der Waals surface area (Å²) in [5, 5.41) is 2.95. The second-order valence-corrected chi connectivity index (χ2v) is 8.39. The molecule has 1 fully saturated rings. The summed E-state index contributed by atoms with van der Waals surface area (Å²) in [4.78, 5) is 27.4. The van der Waals surface area contributed by atoms with Crippen LogP contribution in [0.2, 0.25) is 0 Å². The zero-order valence-corrected chi connectivity index (χ0v) is 16.3. The van der Waals surface area contributed by atoms with Crippen LogP contribution in [0, 0.1) is 17.7 Å². The summed E-state index contributed by atoms with van der Waals surface area (Å²) in [7, 11) is 0. The Morgan fingerprint density at radius 3 is 2.28 bits per heavy atom. The molecule has 1 aliphatic rings. The van der Waals surface area contributed by atoms with Gasteiger partial charge in [0.05, 0.1) is 5.37 Å². The van der Waals surface area contributed by atoms with Gasteiger partial charge < -0.3 is 10.2 Å². The topological polar surface area (TPSA) is 49.4 Å². The predicted octanol–water partition coefficient (Wildman–Crippen LogP) is 3.53. The lowest BCUT2D eigenvalue weighted by Gasteiger charge is -2.32. The van der Waals surface area contributed by atoms with Crippen LogP contribution in [-0.2, 0) is 4.79 Å². The van der Waals surface area contributed by atoms with Crippen molar-refractivity contribution in [1.29, 1.82) is 0 Å². The van der Waals surface area contributed by atoms with Crippen LogP contribution < -0.4 is 5.32 Å².